The molecule has 0 spiro atoms. The first-order valence-electron chi connectivity index (χ1n) is 13.9. The molecule has 0 unspecified atom stereocenters. The van der Waals surface area contributed by atoms with Crippen molar-refractivity contribution >= 4 is 0 Å². The monoisotopic (exact) mass is 566 g/mol. The summed E-state index contributed by atoms with van der Waals surface area (Å²) in [5.74, 6) is 1.91. The van der Waals surface area contributed by atoms with Gasteiger partial charge in [-0.2, -0.15) is 0 Å². The molecule has 0 bridgehead atoms. The average Bonchev–Trinajstić information content (AvgIpc) is 3.01. The Morgan fingerprint density at radius 3 is 0.860 bits per heavy atom. The lowest BCUT2D eigenvalue weighted by Gasteiger charge is -2.22. The Labute approximate surface area is 250 Å². The minimum atomic E-state index is 0.164. The van der Waals surface area contributed by atoms with E-state index in [1.54, 1.807) is 48.5 Å². The summed E-state index contributed by atoms with van der Waals surface area (Å²) in [6, 6.07) is 36.1. The molecule has 6 aromatic carbocycles. The molecule has 6 aromatic rings. The van der Waals surface area contributed by atoms with Gasteiger partial charge in [-0.15, -0.1) is 0 Å². The van der Waals surface area contributed by atoms with Gasteiger partial charge in [-0.25, -0.2) is 0 Å². The predicted octanol–water partition coefficient (Wildman–Crippen LogP) is 9.59. The number of hydrogen-bond acceptors (Lipinski definition) is 5. The van der Waals surface area contributed by atoms with Gasteiger partial charge in [0.25, 0.3) is 0 Å². The van der Waals surface area contributed by atoms with Crippen molar-refractivity contribution in [3.63, 3.8) is 0 Å². The summed E-state index contributed by atoms with van der Waals surface area (Å²) in [7, 11) is 0. The smallest absolute Gasteiger partial charge is 0.135 e. The van der Waals surface area contributed by atoms with Gasteiger partial charge in [0.05, 0.1) is 0 Å². The Kier molecular flexibility index (Phi) is 7.22. The van der Waals surface area contributed by atoms with Crippen molar-refractivity contribution in [1.82, 2.24) is 0 Å². The molecule has 212 valence electrons. The van der Waals surface area contributed by atoms with Gasteiger partial charge in [-0.1, -0.05) is 60.7 Å². The van der Waals surface area contributed by atoms with E-state index >= 15 is 0 Å². The van der Waals surface area contributed by atoms with Crippen LogP contribution >= 0.6 is 0 Å². The summed E-state index contributed by atoms with van der Waals surface area (Å²) < 4.78 is 6.87. The fourth-order valence-corrected chi connectivity index (χ4v) is 5.49. The van der Waals surface area contributed by atoms with E-state index in [9.17, 15) is 20.4 Å². The predicted molar refractivity (Wildman–Crippen MR) is 171 cm³/mol. The summed E-state index contributed by atoms with van der Waals surface area (Å²) in [5, 5.41) is 40.0. The molecule has 0 fully saturated rings. The maximum Gasteiger partial charge on any atom is 0.135 e. The summed E-state index contributed by atoms with van der Waals surface area (Å²) in [4.78, 5) is 0. The van der Waals surface area contributed by atoms with E-state index in [1.807, 2.05) is 86.6 Å². The molecule has 5 heteroatoms. The highest BCUT2D eigenvalue weighted by atomic mass is 16.5. The van der Waals surface area contributed by atoms with Crippen LogP contribution in [0.1, 0.15) is 11.1 Å². The maximum atomic E-state index is 10.1. The largest absolute Gasteiger partial charge is 0.508 e. The maximum absolute atomic E-state index is 10.1. The Morgan fingerprint density at radius 1 is 0.326 bits per heavy atom. The first kappa shape index (κ1) is 27.5. The standard InChI is InChI=1S/C38H30O5/c1-23-3-21-33(37(27-9-17-31(41)18-10-27)35(23)25-5-13-29(39)14-6-25)43-34-22-4-24(2)36(26-7-15-30(40)16-8-26)38(34)28-11-19-32(42)20-12-28/h3-22,39-42H,1-2H3. The number of rotatable bonds is 6. The van der Waals surface area contributed by atoms with Crippen LogP contribution in [0, 0.1) is 13.8 Å². The lowest BCUT2D eigenvalue weighted by Crippen LogP contribution is -1.98. The third-order valence-electron chi connectivity index (χ3n) is 7.59. The molecular weight excluding hydrogens is 536 g/mol. The molecule has 0 saturated heterocycles. The zero-order valence-electron chi connectivity index (χ0n) is 23.7. The van der Waals surface area contributed by atoms with Gasteiger partial charge >= 0.3 is 0 Å². The lowest BCUT2D eigenvalue weighted by molar-refractivity contribution is 0.474. The van der Waals surface area contributed by atoms with Gasteiger partial charge in [0, 0.05) is 11.1 Å². The van der Waals surface area contributed by atoms with Crippen LogP contribution in [0.15, 0.2) is 121 Å². The number of ether oxygens (including phenoxy) is 1. The van der Waals surface area contributed by atoms with Gasteiger partial charge in [0.1, 0.15) is 34.5 Å². The van der Waals surface area contributed by atoms with Crippen LogP contribution in [-0.4, -0.2) is 20.4 Å². The topological polar surface area (TPSA) is 90.2 Å². The summed E-state index contributed by atoms with van der Waals surface area (Å²) >= 11 is 0. The molecule has 0 aliphatic rings. The van der Waals surface area contributed by atoms with E-state index in [-0.39, 0.29) is 23.0 Å². The van der Waals surface area contributed by atoms with Gasteiger partial charge in [-0.3, -0.25) is 0 Å². The zero-order chi connectivity index (χ0) is 30.1. The quantitative estimate of drug-likeness (QED) is 0.161. The first-order chi connectivity index (χ1) is 20.8. The van der Waals surface area contributed by atoms with E-state index in [0.29, 0.717) is 11.5 Å². The van der Waals surface area contributed by atoms with Crippen LogP contribution in [0.5, 0.6) is 34.5 Å². The van der Waals surface area contributed by atoms with Crippen molar-refractivity contribution in [3.8, 4) is 79.0 Å². The normalized spacial score (nSPS) is 10.9. The van der Waals surface area contributed by atoms with Gasteiger partial charge in [0.15, 0.2) is 0 Å². The van der Waals surface area contributed by atoms with E-state index < -0.39 is 0 Å². The highest BCUT2D eigenvalue weighted by molar-refractivity contribution is 5.92. The molecule has 0 atom stereocenters. The molecule has 0 radical (unpaired) electrons. The van der Waals surface area contributed by atoms with Crippen molar-refractivity contribution in [3.05, 3.63) is 132 Å². The van der Waals surface area contributed by atoms with E-state index in [1.165, 1.54) is 0 Å². The number of hydrogen-bond donors (Lipinski definition) is 4. The number of aromatic hydroxyl groups is 4. The molecule has 0 aliphatic heterocycles. The molecule has 0 aromatic heterocycles. The van der Waals surface area contributed by atoms with Crippen LogP contribution in [0.3, 0.4) is 0 Å². The van der Waals surface area contributed by atoms with E-state index in [0.717, 1.165) is 55.6 Å². The Bertz CT molecular complexity index is 1760. The summed E-state index contributed by atoms with van der Waals surface area (Å²) in [6.07, 6.45) is 0. The van der Waals surface area contributed by atoms with Crippen LogP contribution in [0.2, 0.25) is 0 Å². The second-order valence-corrected chi connectivity index (χ2v) is 10.6. The van der Waals surface area contributed by atoms with Gasteiger partial charge < -0.3 is 25.2 Å². The second kappa shape index (κ2) is 11.3. The fraction of sp³-hybridized carbons (Fsp3) is 0.0526. The SMILES string of the molecule is Cc1ccc(Oc2ccc(C)c(-c3ccc(O)cc3)c2-c2ccc(O)cc2)c(-c2ccc(O)cc2)c1-c1ccc(O)cc1. The molecule has 0 heterocycles. The first-order valence-corrected chi connectivity index (χ1v) is 13.9. The van der Waals surface area contributed by atoms with Crippen molar-refractivity contribution in [2.24, 2.45) is 0 Å². The minimum absolute atomic E-state index is 0.164. The van der Waals surface area contributed by atoms with Gasteiger partial charge in [-0.05, 0) is 119 Å². The van der Waals surface area contributed by atoms with Crippen molar-refractivity contribution in [2.75, 3.05) is 0 Å². The molecule has 43 heavy (non-hydrogen) atoms. The van der Waals surface area contributed by atoms with Crippen LogP contribution in [0.25, 0.3) is 44.5 Å². The molecule has 5 nitrogen and oxygen atoms in total. The number of aryl methyl sites for hydroxylation is 2. The van der Waals surface area contributed by atoms with Gasteiger partial charge in [0.2, 0.25) is 0 Å². The second-order valence-electron chi connectivity index (χ2n) is 10.6. The number of benzene rings is 6. The Hall–Kier alpha value is -5.68. The third-order valence-corrected chi connectivity index (χ3v) is 7.59. The molecule has 0 saturated carbocycles. The van der Waals surface area contributed by atoms with Crippen LogP contribution < -0.4 is 4.74 Å². The Morgan fingerprint density at radius 2 is 0.581 bits per heavy atom. The molecule has 4 N–H and O–H groups in total. The zero-order valence-corrected chi connectivity index (χ0v) is 23.7. The fourth-order valence-electron chi connectivity index (χ4n) is 5.49. The van der Waals surface area contributed by atoms with Crippen LogP contribution in [0.4, 0.5) is 0 Å². The minimum Gasteiger partial charge on any atom is -0.508 e. The molecule has 0 aliphatic carbocycles. The molecule has 0 amide bonds. The summed E-state index contributed by atoms with van der Waals surface area (Å²) in [5.41, 5.74) is 9.16. The summed E-state index contributed by atoms with van der Waals surface area (Å²) in [6.45, 7) is 4.07. The molecule has 6 rings (SSSR count). The van der Waals surface area contributed by atoms with Crippen LogP contribution in [-0.2, 0) is 0 Å². The highest BCUT2D eigenvalue weighted by Gasteiger charge is 2.21. The third kappa shape index (κ3) is 5.48. The Balaban J connectivity index is 1.61. The van der Waals surface area contributed by atoms with E-state index in [4.69, 9.17) is 4.74 Å². The van der Waals surface area contributed by atoms with Crippen molar-refractivity contribution in [2.45, 2.75) is 13.8 Å². The highest BCUT2D eigenvalue weighted by Crippen LogP contribution is 2.48. The number of phenols is 4. The van der Waals surface area contributed by atoms with E-state index in [2.05, 4.69) is 0 Å². The molecular formula is C38H30O5. The number of phenolic OH excluding ortho intramolecular Hbond substituents is 4. The van der Waals surface area contributed by atoms with Crippen molar-refractivity contribution < 1.29 is 25.2 Å². The van der Waals surface area contributed by atoms with Crippen molar-refractivity contribution in [1.29, 1.82) is 0 Å². The lowest BCUT2D eigenvalue weighted by atomic mass is 9.89. The average molecular weight is 567 g/mol.